The number of Topliss-reactive ketones (excluding diaryl/α,β-unsaturated/α-hetero) is 1. The lowest BCUT2D eigenvalue weighted by Gasteiger charge is -2.25. The molecule has 0 radical (unpaired) electrons. The van der Waals surface area contributed by atoms with Crippen LogP contribution in [0.15, 0.2) is 84.4 Å². The maximum Gasteiger partial charge on any atom is 0.300 e. The SMILES string of the molecule is CCOc1ccc(/C(O)=C2\C(=O)C(=O)N(c3ccc(OCC)cc3)C2c2ccccc2)cc1. The summed E-state index contributed by atoms with van der Waals surface area (Å²) in [5, 5.41) is 11.2. The van der Waals surface area contributed by atoms with E-state index in [0.29, 0.717) is 36.0 Å². The fourth-order valence-electron chi connectivity index (χ4n) is 3.95. The molecule has 1 fully saturated rings. The molecule has 1 N–H and O–H groups in total. The first-order valence-corrected chi connectivity index (χ1v) is 10.9. The Kier molecular flexibility index (Phi) is 6.45. The summed E-state index contributed by atoms with van der Waals surface area (Å²) in [7, 11) is 0. The molecule has 6 heteroatoms. The lowest BCUT2D eigenvalue weighted by molar-refractivity contribution is -0.132. The van der Waals surface area contributed by atoms with Crippen molar-refractivity contribution in [3.05, 3.63) is 95.6 Å². The quantitative estimate of drug-likeness (QED) is 0.312. The van der Waals surface area contributed by atoms with Gasteiger partial charge in [0.1, 0.15) is 17.3 Å². The van der Waals surface area contributed by atoms with Gasteiger partial charge in [0.25, 0.3) is 11.7 Å². The van der Waals surface area contributed by atoms with Crippen LogP contribution in [0.1, 0.15) is 31.0 Å². The van der Waals surface area contributed by atoms with Crippen LogP contribution in [-0.4, -0.2) is 30.0 Å². The van der Waals surface area contributed by atoms with Gasteiger partial charge in [0.05, 0.1) is 24.8 Å². The van der Waals surface area contributed by atoms with Crippen molar-refractivity contribution in [2.45, 2.75) is 19.9 Å². The number of rotatable bonds is 7. The molecule has 1 heterocycles. The van der Waals surface area contributed by atoms with Gasteiger partial charge in [-0.15, -0.1) is 0 Å². The van der Waals surface area contributed by atoms with Gasteiger partial charge in [0.2, 0.25) is 0 Å². The molecule has 1 aliphatic heterocycles. The summed E-state index contributed by atoms with van der Waals surface area (Å²) in [6.45, 7) is 4.82. The van der Waals surface area contributed by atoms with Gasteiger partial charge in [-0.2, -0.15) is 0 Å². The molecule has 3 aromatic carbocycles. The number of benzene rings is 3. The Balaban J connectivity index is 1.83. The van der Waals surface area contributed by atoms with Crippen LogP contribution >= 0.6 is 0 Å². The number of ether oxygens (including phenoxy) is 2. The van der Waals surface area contributed by atoms with Crippen molar-refractivity contribution >= 4 is 23.1 Å². The second kappa shape index (κ2) is 9.61. The van der Waals surface area contributed by atoms with Crippen LogP contribution in [-0.2, 0) is 9.59 Å². The Hall–Kier alpha value is -4.06. The third kappa shape index (κ3) is 4.32. The van der Waals surface area contributed by atoms with E-state index >= 15 is 0 Å². The zero-order chi connectivity index (χ0) is 23.4. The second-order valence-electron chi connectivity index (χ2n) is 7.46. The summed E-state index contributed by atoms with van der Waals surface area (Å²) in [5.74, 6) is -0.324. The number of amides is 1. The standard InChI is InChI=1S/C27H25NO5/c1-3-32-21-14-10-19(11-15-21)25(29)23-24(18-8-6-5-7-9-18)28(27(31)26(23)30)20-12-16-22(17-13-20)33-4-2/h5-17,24,29H,3-4H2,1-2H3/b25-23+. The molecule has 1 aliphatic rings. The zero-order valence-corrected chi connectivity index (χ0v) is 18.5. The van der Waals surface area contributed by atoms with Crippen molar-refractivity contribution < 1.29 is 24.2 Å². The van der Waals surface area contributed by atoms with Crippen molar-refractivity contribution in [1.82, 2.24) is 0 Å². The minimum absolute atomic E-state index is 0.0456. The van der Waals surface area contributed by atoms with Gasteiger partial charge in [0, 0.05) is 11.3 Å². The van der Waals surface area contributed by atoms with Gasteiger partial charge in [-0.1, -0.05) is 30.3 Å². The first-order chi connectivity index (χ1) is 16.0. The third-order valence-electron chi connectivity index (χ3n) is 5.42. The predicted octanol–water partition coefficient (Wildman–Crippen LogP) is 5.11. The molecule has 0 aromatic heterocycles. The van der Waals surface area contributed by atoms with E-state index in [9.17, 15) is 14.7 Å². The molecule has 1 atom stereocenters. The summed E-state index contributed by atoms with van der Waals surface area (Å²) in [4.78, 5) is 27.8. The minimum Gasteiger partial charge on any atom is -0.507 e. The average molecular weight is 443 g/mol. The Morgan fingerprint density at radius 3 is 1.91 bits per heavy atom. The van der Waals surface area contributed by atoms with Crippen LogP contribution in [0.5, 0.6) is 11.5 Å². The van der Waals surface area contributed by atoms with E-state index in [4.69, 9.17) is 9.47 Å². The van der Waals surface area contributed by atoms with Gasteiger partial charge in [0.15, 0.2) is 0 Å². The van der Waals surface area contributed by atoms with Gasteiger partial charge < -0.3 is 14.6 Å². The number of nitrogens with zero attached hydrogens (tertiary/aromatic N) is 1. The highest BCUT2D eigenvalue weighted by molar-refractivity contribution is 6.51. The Labute approximate surface area is 192 Å². The lowest BCUT2D eigenvalue weighted by atomic mass is 9.95. The Morgan fingerprint density at radius 2 is 1.36 bits per heavy atom. The molecule has 3 aromatic rings. The highest BCUT2D eigenvalue weighted by Crippen LogP contribution is 2.42. The summed E-state index contributed by atoms with van der Waals surface area (Å²) in [6, 6.07) is 22.2. The monoisotopic (exact) mass is 443 g/mol. The van der Waals surface area contributed by atoms with E-state index in [0.717, 1.165) is 5.56 Å². The molecule has 168 valence electrons. The minimum atomic E-state index is -0.768. The number of anilines is 1. The van der Waals surface area contributed by atoms with Crippen LogP contribution in [0.2, 0.25) is 0 Å². The van der Waals surface area contributed by atoms with Crippen LogP contribution < -0.4 is 14.4 Å². The molecule has 4 rings (SSSR count). The average Bonchev–Trinajstić information content (AvgIpc) is 3.11. The van der Waals surface area contributed by atoms with Crippen molar-refractivity contribution in [2.24, 2.45) is 0 Å². The largest absolute Gasteiger partial charge is 0.507 e. The molecule has 6 nitrogen and oxygen atoms in total. The molecule has 0 bridgehead atoms. The van der Waals surface area contributed by atoms with Crippen molar-refractivity contribution in [1.29, 1.82) is 0 Å². The topological polar surface area (TPSA) is 76.1 Å². The predicted molar refractivity (Wildman–Crippen MR) is 126 cm³/mol. The van der Waals surface area contributed by atoms with Gasteiger partial charge in [-0.25, -0.2) is 0 Å². The number of ketones is 1. The van der Waals surface area contributed by atoms with E-state index in [2.05, 4.69) is 0 Å². The first-order valence-electron chi connectivity index (χ1n) is 10.9. The molecule has 1 unspecified atom stereocenters. The fourth-order valence-corrected chi connectivity index (χ4v) is 3.95. The normalized spacial score (nSPS) is 17.3. The van der Waals surface area contributed by atoms with Gasteiger partial charge >= 0.3 is 0 Å². The molecule has 0 spiro atoms. The third-order valence-corrected chi connectivity index (χ3v) is 5.42. The number of carbonyl (C=O) groups excluding carboxylic acids is 2. The highest BCUT2D eigenvalue weighted by atomic mass is 16.5. The smallest absolute Gasteiger partial charge is 0.300 e. The maximum absolute atomic E-state index is 13.2. The Bertz CT molecular complexity index is 1170. The number of hydrogen-bond donors (Lipinski definition) is 1. The first kappa shape index (κ1) is 22.1. The molecular weight excluding hydrogens is 418 g/mol. The summed E-state index contributed by atoms with van der Waals surface area (Å²) < 4.78 is 11.0. The number of aliphatic hydroxyl groups excluding tert-OH is 1. The second-order valence-corrected chi connectivity index (χ2v) is 7.46. The summed E-state index contributed by atoms with van der Waals surface area (Å²) in [5.41, 5.74) is 1.74. The molecule has 0 saturated carbocycles. The van der Waals surface area contributed by atoms with Crippen LogP contribution in [0.3, 0.4) is 0 Å². The highest BCUT2D eigenvalue weighted by Gasteiger charge is 2.46. The molecule has 1 saturated heterocycles. The molecule has 0 aliphatic carbocycles. The van der Waals surface area contributed by atoms with Crippen LogP contribution in [0.25, 0.3) is 5.76 Å². The van der Waals surface area contributed by atoms with Gasteiger partial charge in [-0.05, 0) is 67.9 Å². The van der Waals surface area contributed by atoms with Crippen LogP contribution in [0, 0.1) is 0 Å². The van der Waals surface area contributed by atoms with Crippen molar-refractivity contribution in [2.75, 3.05) is 18.1 Å². The van der Waals surface area contributed by atoms with Gasteiger partial charge in [-0.3, -0.25) is 14.5 Å². The fraction of sp³-hybridized carbons (Fsp3) is 0.185. The molecular formula is C27H25NO5. The molecule has 33 heavy (non-hydrogen) atoms. The summed E-state index contributed by atoms with van der Waals surface area (Å²) in [6.07, 6.45) is 0. The number of carbonyl (C=O) groups is 2. The van der Waals surface area contributed by atoms with E-state index in [1.54, 1.807) is 48.5 Å². The maximum atomic E-state index is 13.2. The Morgan fingerprint density at radius 1 is 0.818 bits per heavy atom. The summed E-state index contributed by atoms with van der Waals surface area (Å²) >= 11 is 0. The van der Waals surface area contributed by atoms with Crippen LogP contribution in [0.4, 0.5) is 5.69 Å². The number of aliphatic hydroxyl groups is 1. The lowest BCUT2D eigenvalue weighted by Crippen LogP contribution is -2.29. The van der Waals surface area contributed by atoms with E-state index in [1.807, 2.05) is 44.2 Å². The van der Waals surface area contributed by atoms with Crippen molar-refractivity contribution in [3.63, 3.8) is 0 Å². The van der Waals surface area contributed by atoms with E-state index < -0.39 is 17.7 Å². The van der Waals surface area contributed by atoms with Crippen molar-refractivity contribution in [3.8, 4) is 11.5 Å². The molecule has 1 amide bonds. The van der Waals surface area contributed by atoms with E-state index in [-0.39, 0.29) is 11.3 Å². The van der Waals surface area contributed by atoms with E-state index in [1.165, 1.54) is 4.90 Å². The number of hydrogen-bond acceptors (Lipinski definition) is 5. The zero-order valence-electron chi connectivity index (χ0n) is 18.5.